The molecule has 4 rings (SSSR count). The fraction of sp³-hybridized carbons (Fsp3) is 0.471. The van der Waals surface area contributed by atoms with Crippen LogP contribution in [0.1, 0.15) is 28.3 Å². The Balaban J connectivity index is 1.40. The molecule has 2 aromatic rings. The molecule has 1 aromatic carbocycles. The maximum Gasteiger partial charge on any atom is 0.261 e. The van der Waals surface area contributed by atoms with Gasteiger partial charge in [-0.15, -0.1) is 10.2 Å². The second-order valence-electron chi connectivity index (χ2n) is 6.31. The molecule has 1 N–H and O–H groups in total. The Morgan fingerprint density at radius 3 is 3.04 bits per heavy atom. The van der Waals surface area contributed by atoms with Crippen LogP contribution in [0.3, 0.4) is 0 Å². The molecule has 2 aliphatic rings. The van der Waals surface area contributed by atoms with Gasteiger partial charge in [0.1, 0.15) is 12.4 Å². The highest BCUT2D eigenvalue weighted by Crippen LogP contribution is 2.31. The first kappa shape index (κ1) is 15.1. The predicted octanol–water partition coefficient (Wildman–Crippen LogP) is 1.05. The van der Waals surface area contributed by atoms with Crippen molar-refractivity contribution in [3.8, 4) is 5.75 Å². The zero-order chi connectivity index (χ0) is 16.7. The Bertz CT molecular complexity index is 768. The first-order chi connectivity index (χ1) is 11.6. The fourth-order valence-corrected chi connectivity index (χ4v) is 3.13. The Morgan fingerprint density at radius 2 is 2.17 bits per heavy atom. The Hall–Kier alpha value is -2.41. The number of benzene rings is 1. The number of fused-ring (bicyclic) bond motifs is 2. The van der Waals surface area contributed by atoms with Gasteiger partial charge in [0, 0.05) is 13.0 Å². The normalized spacial score (nSPS) is 18.7. The lowest BCUT2D eigenvalue weighted by atomic mass is 10.0. The highest BCUT2D eigenvalue weighted by atomic mass is 16.5. The largest absolute Gasteiger partial charge is 0.480 e. The smallest absolute Gasteiger partial charge is 0.261 e. The van der Waals surface area contributed by atoms with Crippen LogP contribution < -0.4 is 10.1 Å². The summed E-state index contributed by atoms with van der Waals surface area (Å²) >= 11 is 0. The summed E-state index contributed by atoms with van der Waals surface area (Å²) in [6.07, 6.45) is 0.127. The first-order valence-corrected chi connectivity index (χ1v) is 8.15. The molecule has 7 nitrogen and oxygen atoms in total. The molecule has 3 heterocycles. The summed E-state index contributed by atoms with van der Waals surface area (Å²) in [5.74, 6) is 2.26. The Labute approximate surface area is 140 Å². The van der Waals surface area contributed by atoms with Crippen molar-refractivity contribution >= 4 is 5.91 Å². The molecule has 126 valence electrons. The highest BCUT2D eigenvalue weighted by Gasteiger charge is 2.29. The van der Waals surface area contributed by atoms with Gasteiger partial charge >= 0.3 is 0 Å². The Morgan fingerprint density at radius 1 is 1.33 bits per heavy atom. The molecule has 1 aromatic heterocycles. The maximum atomic E-state index is 12.4. The molecule has 0 spiro atoms. The summed E-state index contributed by atoms with van der Waals surface area (Å²) < 4.78 is 13.2. The van der Waals surface area contributed by atoms with Gasteiger partial charge in [-0.05, 0) is 36.6 Å². The fourth-order valence-electron chi connectivity index (χ4n) is 3.13. The van der Waals surface area contributed by atoms with Crippen molar-refractivity contribution in [2.45, 2.75) is 46.1 Å². The average molecular weight is 328 g/mol. The van der Waals surface area contributed by atoms with Crippen LogP contribution in [0.4, 0.5) is 0 Å². The number of hydrogen-bond acceptors (Lipinski definition) is 5. The number of hydrogen-bond donors (Lipinski definition) is 1. The number of carbonyl (C=O) groups is 1. The number of nitrogens with one attached hydrogen (secondary N) is 1. The lowest BCUT2D eigenvalue weighted by molar-refractivity contribution is -0.127. The van der Waals surface area contributed by atoms with Gasteiger partial charge in [0.15, 0.2) is 17.8 Å². The van der Waals surface area contributed by atoms with Gasteiger partial charge in [0.25, 0.3) is 5.91 Å². The third kappa shape index (κ3) is 2.65. The molecule has 0 bridgehead atoms. The van der Waals surface area contributed by atoms with Crippen LogP contribution in [0.5, 0.6) is 5.75 Å². The molecule has 7 heteroatoms. The van der Waals surface area contributed by atoms with Crippen LogP contribution in [-0.4, -0.2) is 33.4 Å². The van der Waals surface area contributed by atoms with E-state index in [0.29, 0.717) is 26.2 Å². The van der Waals surface area contributed by atoms with Crippen LogP contribution in [0.2, 0.25) is 0 Å². The zero-order valence-corrected chi connectivity index (χ0v) is 13.8. The monoisotopic (exact) mass is 328 g/mol. The molecule has 24 heavy (non-hydrogen) atoms. The van der Waals surface area contributed by atoms with Crippen molar-refractivity contribution in [1.29, 1.82) is 0 Å². The maximum absolute atomic E-state index is 12.4. The van der Waals surface area contributed by atoms with Gasteiger partial charge < -0.3 is 19.4 Å². The Kier molecular flexibility index (Phi) is 3.72. The minimum atomic E-state index is -0.478. The number of aryl methyl sites for hydroxylation is 2. The van der Waals surface area contributed by atoms with Crippen LogP contribution in [0.25, 0.3) is 0 Å². The second-order valence-corrected chi connectivity index (χ2v) is 6.31. The molecule has 1 amide bonds. The van der Waals surface area contributed by atoms with Crippen molar-refractivity contribution in [2.75, 3.05) is 6.61 Å². The lowest BCUT2D eigenvalue weighted by Crippen LogP contribution is -2.37. The van der Waals surface area contributed by atoms with Crippen molar-refractivity contribution in [2.24, 2.45) is 0 Å². The van der Waals surface area contributed by atoms with Gasteiger partial charge in [-0.3, -0.25) is 4.79 Å². The molecule has 0 radical (unpaired) electrons. The number of nitrogens with zero attached hydrogens (tertiary/aromatic N) is 3. The summed E-state index contributed by atoms with van der Waals surface area (Å²) in [5.41, 5.74) is 3.48. The quantitative estimate of drug-likeness (QED) is 0.911. The second kappa shape index (κ2) is 5.90. The minimum absolute atomic E-state index is 0.120. The molecular formula is C17H20N4O3. The summed E-state index contributed by atoms with van der Waals surface area (Å²) in [6, 6.07) is 4.11. The number of amides is 1. The summed E-state index contributed by atoms with van der Waals surface area (Å²) in [4.78, 5) is 12.4. The molecule has 1 unspecified atom stereocenters. The van der Waals surface area contributed by atoms with E-state index in [9.17, 15) is 4.79 Å². The van der Waals surface area contributed by atoms with E-state index in [0.717, 1.165) is 29.5 Å². The summed E-state index contributed by atoms with van der Waals surface area (Å²) in [7, 11) is 0. The van der Waals surface area contributed by atoms with Gasteiger partial charge in [0.05, 0.1) is 13.2 Å². The lowest BCUT2D eigenvalue weighted by Gasteiger charge is -2.16. The van der Waals surface area contributed by atoms with E-state index in [4.69, 9.17) is 9.47 Å². The molecule has 0 aliphatic carbocycles. The van der Waals surface area contributed by atoms with E-state index in [2.05, 4.69) is 28.5 Å². The van der Waals surface area contributed by atoms with Gasteiger partial charge in [-0.25, -0.2) is 0 Å². The molecule has 1 atom stereocenters. The van der Waals surface area contributed by atoms with Gasteiger partial charge in [-0.2, -0.15) is 0 Å². The highest BCUT2D eigenvalue weighted by molar-refractivity contribution is 5.82. The van der Waals surface area contributed by atoms with Crippen LogP contribution in [-0.2, 0) is 35.6 Å². The van der Waals surface area contributed by atoms with Crippen molar-refractivity contribution in [3.63, 3.8) is 0 Å². The van der Waals surface area contributed by atoms with Crippen molar-refractivity contribution < 1.29 is 14.3 Å². The zero-order valence-electron chi connectivity index (χ0n) is 13.8. The van der Waals surface area contributed by atoms with E-state index >= 15 is 0 Å². The van der Waals surface area contributed by atoms with E-state index in [1.165, 1.54) is 11.1 Å². The number of aromatic nitrogens is 3. The first-order valence-electron chi connectivity index (χ1n) is 8.15. The average Bonchev–Trinajstić information content (AvgIpc) is 3.17. The van der Waals surface area contributed by atoms with Crippen molar-refractivity contribution in [1.82, 2.24) is 20.1 Å². The van der Waals surface area contributed by atoms with Crippen LogP contribution in [0, 0.1) is 13.8 Å². The standard InChI is InChI=1S/C17H20N4O3/c1-10-5-12-7-14(24-13(12)6-11(10)2)17(22)18-8-15-19-20-16-9-23-4-3-21(15)16/h5-6,14H,3-4,7-9H2,1-2H3,(H,18,22). The number of rotatable bonds is 3. The third-order valence-electron chi connectivity index (χ3n) is 4.66. The molecule has 0 saturated heterocycles. The van der Waals surface area contributed by atoms with Crippen LogP contribution >= 0.6 is 0 Å². The summed E-state index contributed by atoms with van der Waals surface area (Å²) in [5, 5.41) is 11.1. The molecular weight excluding hydrogens is 308 g/mol. The van der Waals surface area contributed by atoms with E-state index in [-0.39, 0.29) is 5.91 Å². The molecule has 0 fully saturated rings. The van der Waals surface area contributed by atoms with Crippen molar-refractivity contribution in [3.05, 3.63) is 40.5 Å². The number of carbonyl (C=O) groups excluding carboxylic acids is 1. The van der Waals surface area contributed by atoms with E-state index in [1.807, 2.05) is 17.6 Å². The van der Waals surface area contributed by atoms with E-state index < -0.39 is 6.10 Å². The van der Waals surface area contributed by atoms with Gasteiger partial charge in [-0.1, -0.05) is 6.07 Å². The number of ether oxygens (including phenoxy) is 2. The molecule has 0 saturated carbocycles. The van der Waals surface area contributed by atoms with E-state index in [1.54, 1.807) is 0 Å². The molecule has 2 aliphatic heterocycles. The SMILES string of the molecule is Cc1cc2c(cc1C)OC(C(=O)NCc1nnc3n1CCOC3)C2. The predicted molar refractivity (Wildman–Crippen MR) is 85.6 cm³/mol. The summed E-state index contributed by atoms with van der Waals surface area (Å²) in [6.45, 7) is 6.30. The van der Waals surface area contributed by atoms with Gasteiger partial charge in [0.2, 0.25) is 0 Å². The topological polar surface area (TPSA) is 78.3 Å². The minimum Gasteiger partial charge on any atom is -0.480 e. The van der Waals surface area contributed by atoms with Crippen LogP contribution in [0.15, 0.2) is 12.1 Å². The third-order valence-corrected chi connectivity index (χ3v) is 4.66.